The standard InChI is InChI=1S/C11H10F3N3/c1-8-6-17(7-15-8)10-4-2-3-9(5-10)16-11(12,13)14/h2-7,16H,1H3. The zero-order chi connectivity index (χ0) is 12.5. The lowest BCUT2D eigenvalue weighted by atomic mass is 10.3. The number of hydrogen-bond donors (Lipinski definition) is 1. The quantitative estimate of drug-likeness (QED) is 0.819. The number of nitrogens with zero attached hydrogens (tertiary/aromatic N) is 2. The van der Waals surface area contributed by atoms with Crippen molar-refractivity contribution in [3.8, 4) is 5.69 Å². The molecule has 1 heterocycles. The summed E-state index contributed by atoms with van der Waals surface area (Å²) < 4.78 is 38.1. The van der Waals surface area contributed by atoms with Crippen molar-refractivity contribution in [2.45, 2.75) is 13.2 Å². The maximum absolute atomic E-state index is 12.1. The fraction of sp³-hybridized carbons (Fsp3) is 0.182. The van der Waals surface area contributed by atoms with Crippen molar-refractivity contribution < 1.29 is 13.2 Å². The van der Waals surface area contributed by atoms with Crippen molar-refractivity contribution in [1.29, 1.82) is 0 Å². The van der Waals surface area contributed by atoms with Crippen molar-refractivity contribution in [3.05, 3.63) is 42.5 Å². The highest BCUT2D eigenvalue weighted by Crippen LogP contribution is 2.21. The average Bonchev–Trinajstić information content (AvgIpc) is 2.63. The molecule has 90 valence electrons. The molecule has 6 heteroatoms. The Kier molecular flexibility index (Phi) is 2.79. The Morgan fingerprint density at radius 2 is 2.06 bits per heavy atom. The predicted octanol–water partition coefficient (Wildman–Crippen LogP) is 3.11. The summed E-state index contributed by atoms with van der Waals surface area (Å²) in [7, 11) is 0. The predicted molar refractivity (Wildman–Crippen MR) is 58.0 cm³/mol. The second-order valence-corrected chi connectivity index (χ2v) is 3.60. The van der Waals surface area contributed by atoms with Gasteiger partial charge in [0.1, 0.15) is 0 Å². The van der Waals surface area contributed by atoms with Gasteiger partial charge in [0, 0.05) is 17.6 Å². The van der Waals surface area contributed by atoms with Gasteiger partial charge in [-0.05, 0) is 25.1 Å². The Morgan fingerprint density at radius 1 is 1.29 bits per heavy atom. The number of imidazole rings is 1. The van der Waals surface area contributed by atoms with Gasteiger partial charge in [-0.3, -0.25) is 5.32 Å². The highest BCUT2D eigenvalue weighted by molar-refractivity contribution is 5.51. The summed E-state index contributed by atoms with van der Waals surface area (Å²) in [6, 6.07) is 6.04. The zero-order valence-corrected chi connectivity index (χ0v) is 8.99. The van der Waals surface area contributed by atoms with Crippen LogP contribution in [0.25, 0.3) is 5.69 Å². The lowest BCUT2D eigenvalue weighted by molar-refractivity contribution is -0.0999. The third-order valence-corrected chi connectivity index (χ3v) is 2.14. The van der Waals surface area contributed by atoms with Gasteiger partial charge < -0.3 is 4.57 Å². The van der Waals surface area contributed by atoms with Gasteiger partial charge in [0.25, 0.3) is 0 Å². The Labute approximate surface area is 95.9 Å². The van der Waals surface area contributed by atoms with Gasteiger partial charge in [-0.25, -0.2) is 4.98 Å². The third-order valence-electron chi connectivity index (χ3n) is 2.14. The van der Waals surface area contributed by atoms with E-state index in [0.717, 1.165) is 5.69 Å². The third kappa shape index (κ3) is 2.99. The van der Waals surface area contributed by atoms with Crippen LogP contribution >= 0.6 is 0 Å². The monoisotopic (exact) mass is 241 g/mol. The lowest BCUT2D eigenvalue weighted by Gasteiger charge is -2.11. The molecule has 17 heavy (non-hydrogen) atoms. The molecule has 1 aromatic carbocycles. The van der Waals surface area contributed by atoms with Crippen LogP contribution in [0, 0.1) is 6.92 Å². The average molecular weight is 241 g/mol. The number of alkyl halides is 3. The van der Waals surface area contributed by atoms with Crippen LogP contribution in [0.15, 0.2) is 36.8 Å². The van der Waals surface area contributed by atoms with E-state index in [4.69, 9.17) is 0 Å². The van der Waals surface area contributed by atoms with Crippen molar-refractivity contribution in [2.75, 3.05) is 5.32 Å². The molecule has 3 nitrogen and oxygen atoms in total. The number of rotatable bonds is 2. The molecular formula is C11H10F3N3. The van der Waals surface area contributed by atoms with E-state index in [1.165, 1.54) is 17.4 Å². The molecule has 0 radical (unpaired) electrons. The van der Waals surface area contributed by atoms with Crippen LogP contribution in [0.5, 0.6) is 0 Å². The molecule has 0 atom stereocenters. The fourth-order valence-electron chi connectivity index (χ4n) is 1.47. The maximum Gasteiger partial charge on any atom is 0.482 e. The van der Waals surface area contributed by atoms with E-state index in [1.54, 1.807) is 29.2 Å². The molecule has 0 fully saturated rings. The highest BCUT2D eigenvalue weighted by atomic mass is 19.4. The van der Waals surface area contributed by atoms with E-state index in [0.29, 0.717) is 5.69 Å². The number of aryl methyl sites for hydroxylation is 1. The molecule has 0 aliphatic carbocycles. The summed E-state index contributed by atoms with van der Waals surface area (Å²) in [5.74, 6) is 0. The van der Waals surface area contributed by atoms with E-state index in [-0.39, 0.29) is 5.69 Å². The second kappa shape index (κ2) is 4.12. The maximum atomic E-state index is 12.1. The van der Waals surface area contributed by atoms with Crippen LogP contribution in [-0.2, 0) is 0 Å². The second-order valence-electron chi connectivity index (χ2n) is 3.60. The molecule has 1 N–H and O–H groups in total. The minimum absolute atomic E-state index is 0.00125. The molecule has 0 saturated carbocycles. The zero-order valence-electron chi connectivity index (χ0n) is 8.99. The molecule has 1 aromatic heterocycles. The minimum atomic E-state index is -4.43. The first kappa shape index (κ1) is 11.5. The van der Waals surface area contributed by atoms with Crippen LogP contribution in [0.4, 0.5) is 18.9 Å². The molecule has 0 bridgehead atoms. The van der Waals surface area contributed by atoms with Crippen molar-refractivity contribution in [2.24, 2.45) is 0 Å². The Morgan fingerprint density at radius 3 is 2.65 bits per heavy atom. The van der Waals surface area contributed by atoms with Gasteiger partial charge in [0.15, 0.2) is 0 Å². The first-order chi connectivity index (χ1) is 7.94. The summed E-state index contributed by atoms with van der Waals surface area (Å²) in [6.45, 7) is 1.81. The lowest BCUT2D eigenvalue weighted by Crippen LogP contribution is -2.20. The first-order valence-corrected chi connectivity index (χ1v) is 4.90. The molecule has 0 amide bonds. The van der Waals surface area contributed by atoms with Crippen LogP contribution < -0.4 is 5.32 Å². The largest absolute Gasteiger partial charge is 0.482 e. The van der Waals surface area contributed by atoms with Gasteiger partial charge in [-0.2, -0.15) is 13.2 Å². The van der Waals surface area contributed by atoms with E-state index in [1.807, 2.05) is 6.92 Å². The summed E-state index contributed by atoms with van der Waals surface area (Å²) in [5, 5.41) is 1.46. The highest BCUT2D eigenvalue weighted by Gasteiger charge is 2.26. The van der Waals surface area contributed by atoms with E-state index >= 15 is 0 Å². The number of benzene rings is 1. The van der Waals surface area contributed by atoms with Gasteiger partial charge in [-0.15, -0.1) is 0 Å². The smallest absolute Gasteiger partial charge is 0.306 e. The first-order valence-electron chi connectivity index (χ1n) is 4.90. The summed E-state index contributed by atoms with van der Waals surface area (Å²) in [5.41, 5.74) is 1.43. The van der Waals surface area contributed by atoms with Crippen LogP contribution in [-0.4, -0.2) is 15.9 Å². The van der Waals surface area contributed by atoms with Gasteiger partial charge in [-0.1, -0.05) is 6.07 Å². The van der Waals surface area contributed by atoms with Gasteiger partial charge in [0.2, 0.25) is 0 Å². The number of hydrogen-bond acceptors (Lipinski definition) is 2. The number of halogens is 3. The van der Waals surface area contributed by atoms with Crippen LogP contribution in [0.1, 0.15) is 5.69 Å². The minimum Gasteiger partial charge on any atom is -0.306 e. The molecule has 0 unspecified atom stereocenters. The van der Waals surface area contributed by atoms with E-state index < -0.39 is 6.30 Å². The Hall–Kier alpha value is -1.98. The summed E-state index contributed by atoms with van der Waals surface area (Å²) in [4.78, 5) is 4.02. The number of nitrogens with one attached hydrogen (secondary N) is 1. The van der Waals surface area contributed by atoms with Crippen LogP contribution in [0.3, 0.4) is 0 Å². The van der Waals surface area contributed by atoms with E-state index in [2.05, 4.69) is 4.98 Å². The Balaban J connectivity index is 2.29. The normalized spacial score (nSPS) is 11.5. The van der Waals surface area contributed by atoms with Crippen molar-refractivity contribution in [3.63, 3.8) is 0 Å². The molecule has 2 rings (SSSR count). The molecule has 2 aromatic rings. The molecular weight excluding hydrogens is 231 g/mol. The Bertz CT molecular complexity index is 517. The molecule has 0 saturated heterocycles. The van der Waals surface area contributed by atoms with Gasteiger partial charge in [0.05, 0.1) is 12.0 Å². The number of aromatic nitrogens is 2. The van der Waals surface area contributed by atoms with E-state index in [9.17, 15) is 13.2 Å². The fourth-order valence-corrected chi connectivity index (χ4v) is 1.47. The molecule has 0 spiro atoms. The molecule has 0 aliphatic rings. The topological polar surface area (TPSA) is 29.9 Å². The van der Waals surface area contributed by atoms with Crippen LogP contribution in [0.2, 0.25) is 0 Å². The molecule has 0 aliphatic heterocycles. The summed E-state index contributed by atoms with van der Waals surface area (Å²) >= 11 is 0. The summed E-state index contributed by atoms with van der Waals surface area (Å²) in [6.07, 6.45) is -1.13. The van der Waals surface area contributed by atoms with Gasteiger partial charge >= 0.3 is 6.30 Å². The van der Waals surface area contributed by atoms with Crippen molar-refractivity contribution >= 4 is 5.69 Å². The SMILES string of the molecule is Cc1cn(-c2cccc(NC(F)(F)F)c2)cn1. The number of anilines is 1. The van der Waals surface area contributed by atoms with Crippen molar-refractivity contribution in [1.82, 2.24) is 9.55 Å².